The zero-order valence-corrected chi connectivity index (χ0v) is 15.4. The van der Waals surface area contributed by atoms with Crippen LogP contribution in [0.2, 0.25) is 5.02 Å². The molecule has 0 saturated heterocycles. The Morgan fingerprint density at radius 1 is 1.12 bits per heavy atom. The topological polar surface area (TPSA) is 55.8 Å². The van der Waals surface area contributed by atoms with Gasteiger partial charge in [0.25, 0.3) is 0 Å². The Kier molecular flexibility index (Phi) is 6.10. The molecule has 0 aromatic heterocycles. The van der Waals surface area contributed by atoms with Crippen molar-refractivity contribution < 1.29 is 17.9 Å². The van der Waals surface area contributed by atoms with Crippen molar-refractivity contribution in [1.29, 1.82) is 0 Å². The number of methoxy groups -OCH3 is 1. The minimum atomic E-state index is -3.66. The van der Waals surface area contributed by atoms with Gasteiger partial charge in [0.05, 0.1) is 7.11 Å². The van der Waals surface area contributed by atoms with Crippen LogP contribution in [-0.4, -0.2) is 40.0 Å². The molecular formula is C17H20ClNO4S. The molecule has 5 nitrogen and oxygen atoms in total. The highest BCUT2D eigenvalue weighted by molar-refractivity contribution is 7.89. The highest BCUT2D eigenvalue weighted by atomic mass is 35.5. The summed E-state index contributed by atoms with van der Waals surface area (Å²) in [7, 11) is -0.690. The quantitative estimate of drug-likeness (QED) is 0.751. The van der Waals surface area contributed by atoms with Gasteiger partial charge in [-0.05, 0) is 48.9 Å². The second-order valence-corrected chi connectivity index (χ2v) is 7.73. The van der Waals surface area contributed by atoms with Crippen LogP contribution < -0.4 is 9.47 Å². The van der Waals surface area contributed by atoms with Crippen LogP contribution in [0.4, 0.5) is 0 Å². The lowest BCUT2D eigenvalue weighted by Crippen LogP contribution is -2.31. The van der Waals surface area contributed by atoms with Crippen LogP contribution in [0.5, 0.6) is 11.5 Å². The first kappa shape index (κ1) is 18.6. The molecule has 0 fully saturated rings. The van der Waals surface area contributed by atoms with Crippen LogP contribution in [0.25, 0.3) is 0 Å². The first-order valence-corrected chi connectivity index (χ1v) is 9.16. The predicted octanol–water partition coefficient (Wildman–Crippen LogP) is 3.36. The number of hydrogen-bond donors (Lipinski definition) is 0. The molecule has 0 saturated carbocycles. The van der Waals surface area contributed by atoms with Crippen LogP contribution >= 0.6 is 11.6 Å². The lowest BCUT2D eigenvalue weighted by molar-refractivity contribution is 0.286. The van der Waals surface area contributed by atoms with Crippen LogP contribution in [0.1, 0.15) is 5.56 Å². The van der Waals surface area contributed by atoms with E-state index in [9.17, 15) is 8.42 Å². The summed E-state index contributed by atoms with van der Waals surface area (Å²) in [6, 6.07) is 12.0. The molecule has 0 bridgehead atoms. The van der Waals surface area contributed by atoms with Gasteiger partial charge in [0.1, 0.15) is 23.0 Å². The van der Waals surface area contributed by atoms with E-state index < -0.39 is 10.0 Å². The maximum absolute atomic E-state index is 12.7. The normalized spacial score (nSPS) is 11.5. The molecule has 7 heteroatoms. The molecule has 0 amide bonds. The Morgan fingerprint density at radius 2 is 1.79 bits per heavy atom. The summed E-state index contributed by atoms with van der Waals surface area (Å²) in [5.74, 6) is 0.962. The first-order chi connectivity index (χ1) is 11.3. The summed E-state index contributed by atoms with van der Waals surface area (Å²) in [6.07, 6.45) is 0. The SMILES string of the molecule is COc1ccc(C)cc1S(=O)(=O)N(C)CCOc1ccc(Cl)cc1. The average molecular weight is 370 g/mol. The third-order valence-corrected chi connectivity index (χ3v) is 5.63. The Morgan fingerprint density at radius 3 is 2.42 bits per heavy atom. The molecule has 0 radical (unpaired) electrons. The monoisotopic (exact) mass is 369 g/mol. The molecule has 2 aromatic carbocycles. The van der Waals surface area contributed by atoms with Gasteiger partial charge < -0.3 is 9.47 Å². The van der Waals surface area contributed by atoms with Crippen molar-refractivity contribution in [3.05, 3.63) is 53.1 Å². The van der Waals surface area contributed by atoms with Gasteiger partial charge in [0.15, 0.2) is 0 Å². The van der Waals surface area contributed by atoms with Gasteiger partial charge >= 0.3 is 0 Å². The number of sulfonamides is 1. The lowest BCUT2D eigenvalue weighted by atomic mass is 10.2. The second kappa shape index (κ2) is 7.88. The number of likely N-dealkylation sites (N-methyl/N-ethyl adjacent to an activating group) is 1. The Hall–Kier alpha value is -1.76. The summed E-state index contributed by atoms with van der Waals surface area (Å²) < 4.78 is 37.4. The van der Waals surface area contributed by atoms with E-state index in [0.29, 0.717) is 16.5 Å². The standard InChI is InChI=1S/C17H20ClNO4S/c1-13-4-9-16(22-3)17(12-13)24(20,21)19(2)10-11-23-15-7-5-14(18)6-8-15/h4-9,12H,10-11H2,1-3H3. The third-order valence-electron chi connectivity index (χ3n) is 3.50. The number of aryl methyl sites for hydroxylation is 1. The zero-order valence-electron chi connectivity index (χ0n) is 13.8. The number of rotatable bonds is 7. The predicted molar refractivity (Wildman–Crippen MR) is 94.5 cm³/mol. The third kappa shape index (κ3) is 4.41. The molecule has 0 aliphatic rings. The van der Waals surface area contributed by atoms with E-state index in [-0.39, 0.29) is 18.0 Å². The molecule has 0 aliphatic heterocycles. The summed E-state index contributed by atoms with van der Waals surface area (Å²) >= 11 is 5.81. The van der Waals surface area contributed by atoms with E-state index in [4.69, 9.17) is 21.1 Å². The van der Waals surface area contributed by atoms with Crippen molar-refractivity contribution in [3.8, 4) is 11.5 Å². The fourth-order valence-corrected chi connectivity index (χ4v) is 3.61. The van der Waals surface area contributed by atoms with Crippen LogP contribution in [-0.2, 0) is 10.0 Å². The maximum Gasteiger partial charge on any atom is 0.246 e. The molecule has 0 atom stereocenters. The average Bonchev–Trinajstić information content (AvgIpc) is 2.56. The molecule has 0 spiro atoms. The first-order valence-electron chi connectivity index (χ1n) is 7.34. The van der Waals surface area contributed by atoms with Crippen LogP contribution in [0.15, 0.2) is 47.4 Å². The smallest absolute Gasteiger partial charge is 0.246 e. The Bertz CT molecular complexity index is 791. The van der Waals surface area contributed by atoms with Crippen molar-refractivity contribution in [2.45, 2.75) is 11.8 Å². The van der Waals surface area contributed by atoms with Crippen molar-refractivity contribution in [1.82, 2.24) is 4.31 Å². The van der Waals surface area contributed by atoms with Crippen molar-refractivity contribution in [3.63, 3.8) is 0 Å². The fraction of sp³-hybridized carbons (Fsp3) is 0.294. The molecule has 0 aliphatic carbocycles. The van der Waals surface area contributed by atoms with E-state index in [1.54, 1.807) is 36.4 Å². The van der Waals surface area contributed by atoms with Crippen molar-refractivity contribution >= 4 is 21.6 Å². The van der Waals surface area contributed by atoms with Crippen LogP contribution in [0.3, 0.4) is 0 Å². The Balaban J connectivity index is 2.06. The lowest BCUT2D eigenvalue weighted by Gasteiger charge is -2.19. The molecular weight excluding hydrogens is 350 g/mol. The molecule has 130 valence electrons. The van der Waals surface area contributed by atoms with E-state index in [1.807, 2.05) is 13.0 Å². The molecule has 0 unspecified atom stereocenters. The molecule has 2 rings (SSSR count). The highest BCUT2D eigenvalue weighted by Crippen LogP contribution is 2.27. The van der Waals surface area contributed by atoms with Gasteiger partial charge in [-0.3, -0.25) is 0 Å². The minimum absolute atomic E-state index is 0.152. The molecule has 24 heavy (non-hydrogen) atoms. The molecule has 0 heterocycles. The largest absolute Gasteiger partial charge is 0.495 e. The number of halogens is 1. The van der Waals surface area contributed by atoms with Crippen molar-refractivity contribution in [2.75, 3.05) is 27.3 Å². The number of ether oxygens (including phenoxy) is 2. The fourth-order valence-electron chi connectivity index (χ4n) is 2.10. The minimum Gasteiger partial charge on any atom is -0.495 e. The van der Waals surface area contributed by atoms with Gasteiger partial charge in [-0.2, -0.15) is 4.31 Å². The Labute approximate surface area is 147 Å². The van der Waals surface area contributed by atoms with E-state index in [1.165, 1.54) is 18.5 Å². The van der Waals surface area contributed by atoms with Gasteiger partial charge in [-0.25, -0.2) is 8.42 Å². The number of nitrogens with zero attached hydrogens (tertiary/aromatic N) is 1. The summed E-state index contributed by atoms with van der Waals surface area (Å²) in [5, 5.41) is 0.619. The van der Waals surface area contributed by atoms with Gasteiger partial charge in [0.2, 0.25) is 10.0 Å². The summed E-state index contributed by atoms with van der Waals surface area (Å²) in [5.41, 5.74) is 0.847. The van der Waals surface area contributed by atoms with Gasteiger partial charge in [0, 0.05) is 18.6 Å². The second-order valence-electron chi connectivity index (χ2n) is 5.28. The van der Waals surface area contributed by atoms with E-state index >= 15 is 0 Å². The summed E-state index contributed by atoms with van der Waals surface area (Å²) in [6.45, 7) is 2.27. The van der Waals surface area contributed by atoms with Crippen molar-refractivity contribution in [2.24, 2.45) is 0 Å². The number of benzene rings is 2. The van der Waals surface area contributed by atoms with Gasteiger partial charge in [-0.15, -0.1) is 0 Å². The van der Waals surface area contributed by atoms with E-state index in [2.05, 4.69) is 0 Å². The molecule has 0 N–H and O–H groups in total. The summed E-state index contributed by atoms with van der Waals surface area (Å²) in [4.78, 5) is 0.152. The number of hydrogen-bond acceptors (Lipinski definition) is 4. The maximum atomic E-state index is 12.7. The molecule has 2 aromatic rings. The highest BCUT2D eigenvalue weighted by Gasteiger charge is 2.24. The van der Waals surface area contributed by atoms with E-state index in [0.717, 1.165) is 5.56 Å². The zero-order chi connectivity index (χ0) is 17.7. The van der Waals surface area contributed by atoms with Gasteiger partial charge in [-0.1, -0.05) is 17.7 Å². The van der Waals surface area contributed by atoms with Crippen LogP contribution in [0, 0.1) is 6.92 Å².